The van der Waals surface area contributed by atoms with Crippen LogP contribution < -0.4 is 16.4 Å². The number of nitrogens with one attached hydrogen (secondary N) is 2. The molecule has 1 aliphatic heterocycles. The molecule has 108 valence electrons. The van der Waals surface area contributed by atoms with Crippen molar-refractivity contribution in [2.45, 2.75) is 31.7 Å². The number of amides is 2. The first-order valence-electron chi connectivity index (χ1n) is 6.40. The van der Waals surface area contributed by atoms with Gasteiger partial charge in [-0.2, -0.15) is 0 Å². The van der Waals surface area contributed by atoms with Crippen LogP contribution in [-0.2, 0) is 9.59 Å². The average Bonchev–Trinajstić information content (AvgIpc) is 2.36. The van der Waals surface area contributed by atoms with Gasteiger partial charge in [0.2, 0.25) is 11.8 Å². The van der Waals surface area contributed by atoms with E-state index in [0.29, 0.717) is 11.4 Å². The van der Waals surface area contributed by atoms with Crippen LogP contribution >= 0.6 is 11.8 Å². The minimum absolute atomic E-state index is 0.0302. The van der Waals surface area contributed by atoms with Crippen molar-refractivity contribution >= 4 is 35.0 Å². The van der Waals surface area contributed by atoms with E-state index in [-0.39, 0.29) is 17.2 Å². The topological polar surface area (TPSA) is 84.2 Å². The summed E-state index contributed by atoms with van der Waals surface area (Å²) in [7, 11) is 0. The second-order valence-electron chi connectivity index (χ2n) is 5.88. The molecule has 1 aromatic carbocycles. The SMILES string of the molecule is CC(C)(C)[C@H](N)C(=O)Nc1ccc2c(c1)NC(=O)CS2. The lowest BCUT2D eigenvalue weighted by molar-refractivity contribution is -0.119. The summed E-state index contributed by atoms with van der Waals surface area (Å²) >= 11 is 1.49. The Morgan fingerprint density at radius 3 is 2.80 bits per heavy atom. The molecule has 0 radical (unpaired) electrons. The fraction of sp³-hybridized carbons (Fsp3) is 0.429. The van der Waals surface area contributed by atoms with Crippen LogP contribution in [0.1, 0.15) is 20.8 Å². The summed E-state index contributed by atoms with van der Waals surface area (Å²) in [6.45, 7) is 5.75. The smallest absolute Gasteiger partial charge is 0.241 e. The van der Waals surface area contributed by atoms with E-state index < -0.39 is 6.04 Å². The van der Waals surface area contributed by atoms with Gasteiger partial charge in [0, 0.05) is 10.6 Å². The van der Waals surface area contributed by atoms with Crippen molar-refractivity contribution in [3.05, 3.63) is 18.2 Å². The zero-order chi connectivity index (χ0) is 14.9. The van der Waals surface area contributed by atoms with Crippen molar-refractivity contribution in [3.8, 4) is 0 Å². The number of carbonyl (C=O) groups excluding carboxylic acids is 2. The Balaban J connectivity index is 2.13. The maximum absolute atomic E-state index is 12.1. The van der Waals surface area contributed by atoms with Gasteiger partial charge in [-0.05, 0) is 23.6 Å². The predicted molar refractivity (Wildman–Crippen MR) is 81.9 cm³/mol. The molecule has 0 bridgehead atoms. The molecule has 1 atom stereocenters. The molecule has 0 saturated heterocycles. The summed E-state index contributed by atoms with van der Waals surface area (Å²) < 4.78 is 0. The van der Waals surface area contributed by atoms with E-state index in [4.69, 9.17) is 5.73 Å². The number of rotatable bonds is 2. The first-order valence-corrected chi connectivity index (χ1v) is 7.39. The summed E-state index contributed by atoms with van der Waals surface area (Å²) in [4.78, 5) is 24.4. The van der Waals surface area contributed by atoms with Gasteiger partial charge in [0.25, 0.3) is 0 Å². The van der Waals surface area contributed by atoms with Gasteiger partial charge < -0.3 is 16.4 Å². The largest absolute Gasteiger partial charge is 0.325 e. The number of hydrogen-bond acceptors (Lipinski definition) is 4. The van der Waals surface area contributed by atoms with Gasteiger partial charge in [-0.25, -0.2) is 0 Å². The Bertz CT molecular complexity index is 552. The molecule has 2 rings (SSSR count). The summed E-state index contributed by atoms with van der Waals surface area (Å²) in [6, 6.07) is 4.86. The van der Waals surface area contributed by atoms with E-state index in [1.54, 1.807) is 6.07 Å². The molecule has 0 saturated carbocycles. The lowest BCUT2D eigenvalue weighted by Gasteiger charge is -2.26. The second kappa shape index (κ2) is 5.46. The maximum atomic E-state index is 12.1. The molecule has 4 N–H and O–H groups in total. The van der Waals surface area contributed by atoms with Gasteiger partial charge in [-0.1, -0.05) is 20.8 Å². The van der Waals surface area contributed by atoms with Crippen LogP contribution in [0, 0.1) is 5.41 Å². The third kappa shape index (κ3) is 3.32. The Kier molecular flexibility index (Phi) is 4.06. The summed E-state index contributed by atoms with van der Waals surface area (Å²) in [5.41, 5.74) is 6.98. The third-order valence-electron chi connectivity index (χ3n) is 3.10. The van der Waals surface area contributed by atoms with Gasteiger partial charge in [-0.3, -0.25) is 9.59 Å². The van der Waals surface area contributed by atoms with Crippen molar-refractivity contribution in [2.75, 3.05) is 16.4 Å². The fourth-order valence-electron chi connectivity index (χ4n) is 1.77. The number of anilines is 2. The zero-order valence-corrected chi connectivity index (χ0v) is 12.6. The van der Waals surface area contributed by atoms with E-state index in [0.717, 1.165) is 10.6 Å². The molecular weight excluding hydrogens is 274 g/mol. The van der Waals surface area contributed by atoms with Crippen LogP contribution in [0.25, 0.3) is 0 Å². The average molecular weight is 293 g/mol. The molecule has 6 heteroatoms. The highest BCUT2D eigenvalue weighted by atomic mass is 32.2. The highest BCUT2D eigenvalue weighted by Crippen LogP contribution is 2.33. The second-order valence-corrected chi connectivity index (χ2v) is 6.90. The van der Waals surface area contributed by atoms with Crippen molar-refractivity contribution in [1.82, 2.24) is 0 Å². The van der Waals surface area contributed by atoms with Crippen molar-refractivity contribution in [1.29, 1.82) is 0 Å². The van der Waals surface area contributed by atoms with Crippen molar-refractivity contribution in [3.63, 3.8) is 0 Å². The van der Waals surface area contributed by atoms with Crippen LogP contribution in [0.3, 0.4) is 0 Å². The lowest BCUT2D eigenvalue weighted by atomic mass is 9.87. The van der Waals surface area contributed by atoms with Crippen LogP contribution in [-0.4, -0.2) is 23.6 Å². The quantitative estimate of drug-likeness (QED) is 0.779. The Labute approximate surface area is 122 Å². The predicted octanol–water partition coefficient (Wildman–Crippen LogP) is 2.04. The van der Waals surface area contributed by atoms with E-state index in [1.165, 1.54) is 11.8 Å². The normalized spacial score (nSPS) is 16.1. The standard InChI is InChI=1S/C14H19N3O2S/c1-14(2,3)12(15)13(19)16-8-4-5-10-9(6-8)17-11(18)7-20-10/h4-6,12H,7,15H2,1-3H3,(H,16,19)(H,17,18)/t12-/m1/s1. The summed E-state index contributed by atoms with van der Waals surface area (Å²) in [5, 5.41) is 5.58. The molecular formula is C14H19N3O2S. The molecule has 0 spiro atoms. The fourth-order valence-corrected chi connectivity index (χ4v) is 2.56. The molecule has 20 heavy (non-hydrogen) atoms. The minimum Gasteiger partial charge on any atom is -0.325 e. The van der Waals surface area contributed by atoms with E-state index in [2.05, 4.69) is 10.6 Å². The Hall–Kier alpha value is -1.53. The van der Waals surface area contributed by atoms with Crippen LogP contribution in [0.15, 0.2) is 23.1 Å². The highest BCUT2D eigenvalue weighted by Gasteiger charge is 2.27. The zero-order valence-electron chi connectivity index (χ0n) is 11.8. The molecule has 0 fully saturated rings. The van der Waals surface area contributed by atoms with E-state index in [9.17, 15) is 9.59 Å². The first-order chi connectivity index (χ1) is 9.27. The number of carbonyl (C=O) groups is 2. The molecule has 0 unspecified atom stereocenters. The number of thioether (sulfide) groups is 1. The first kappa shape index (κ1) is 14.9. The maximum Gasteiger partial charge on any atom is 0.241 e. The van der Waals surface area contributed by atoms with Gasteiger partial charge >= 0.3 is 0 Å². The Morgan fingerprint density at radius 1 is 1.45 bits per heavy atom. The molecule has 2 amide bonds. The van der Waals surface area contributed by atoms with Gasteiger partial charge in [-0.15, -0.1) is 11.8 Å². The van der Waals surface area contributed by atoms with E-state index in [1.807, 2.05) is 32.9 Å². The van der Waals surface area contributed by atoms with Gasteiger partial charge in [0.05, 0.1) is 17.5 Å². The van der Waals surface area contributed by atoms with Crippen LogP contribution in [0.5, 0.6) is 0 Å². The number of benzene rings is 1. The third-order valence-corrected chi connectivity index (χ3v) is 4.17. The molecule has 5 nitrogen and oxygen atoms in total. The highest BCUT2D eigenvalue weighted by molar-refractivity contribution is 8.00. The summed E-state index contributed by atoms with van der Waals surface area (Å²) in [6.07, 6.45) is 0. The molecule has 1 heterocycles. The molecule has 1 aromatic rings. The number of nitrogens with two attached hydrogens (primary N) is 1. The number of fused-ring (bicyclic) bond motifs is 1. The van der Waals surface area contributed by atoms with E-state index >= 15 is 0 Å². The molecule has 1 aliphatic rings. The molecule has 0 aromatic heterocycles. The monoisotopic (exact) mass is 293 g/mol. The minimum atomic E-state index is -0.595. The van der Waals surface area contributed by atoms with Crippen molar-refractivity contribution < 1.29 is 9.59 Å². The summed E-state index contributed by atoms with van der Waals surface area (Å²) in [5.74, 6) is 0.165. The van der Waals surface area contributed by atoms with Crippen LogP contribution in [0.4, 0.5) is 11.4 Å². The lowest BCUT2D eigenvalue weighted by Crippen LogP contribution is -2.45. The van der Waals surface area contributed by atoms with Crippen LogP contribution in [0.2, 0.25) is 0 Å². The van der Waals surface area contributed by atoms with Gasteiger partial charge in [0.15, 0.2) is 0 Å². The molecule has 0 aliphatic carbocycles. The number of hydrogen-bond donors (Lipinski definition) is 3. The van der Waals surface area contributed by atoms with Crippen molar-refractivity contribution in [2.24, 2.45) is 11.1 Å². The Morgan fingerprint density at radius 2 is 2.15 bits per heavy atom. The van der Waals surface area contributed by atoms with Gasteiger partial charge in [0.1, 0.15) is 0 Å².